The molecule has 0 rings (SSSR count). The molecule has 0 aromatic heterocycles. The minimum Gasteiger partial charge on any atom is -0.286 e. The lowest BCUT2D eigenvalue weighted by molar-refractivity contribution is 0.473. The van der Waals surface area contributed by atoms with Crippen molar-refractivity contribution in [1.29, 1.82) is 0 Å². The maximum absolute atomic E-state index is 10.9. The molecule has 0 saturated carbocycles. The molecule has 0 fully saturated rings. The van der Waals surface area contributed by atoms with Gasteiger partial charge in [-0.25, -0.2) is 0 Å². The first kappa shape index (κ1) is 12.1. The third-order valence-electron chi connectivity index (χ3n) is 1.82. The minimum absolute atomic E-state index is 0.484. The molecular formula is C7H17O3SSi. The van der Waals surface area contributed by atoms with Crippen LogP contribution in [0.15, 0.2) is 0 Å². The molecule has 0 aliphatic rings. The van der Waals surface area contributed by atoms with Crippen molar-refractivity contribution in [1.82, 2.24) is 0 Å². The van der Waals surface area contributed by atoms with Gasteiger partial charge in [0.15, 0.2) is 0 Å². The summed E-state index contributed by atoms with van der Waals surface area (Å²) in [7, 11) is -4.73. The third-order valence-corrected chi connectivity index (χ3v) is 6.66. The van der Waals surface area contributed by atoms with E-state index in [-0.39, 0.29) is 0 Å². The van der Waals surface area contributed by atoms with Crippen LogP contribution in [-0.4, -0.2) is 26.6 Å². The Labute approximate surface area is 76.5 Å². The quantitative estimate of drug-likeness (QED) is 0.554. The molecule has 12 heavy (non-hydrogen) atoms. The van der Waals surface area contributed by atoms with Crippen LogP contribution in [0.4, 0.5) is 0 Å². The third kappa shape index (κ3) is 4.23. The molecule has 0 aliphatic heterocycles. The van der Waals surface area contributed by atoms with Gasteiger partial charge in [0.1, 0.15) is 0 Å². The fourth-order valence-corrected chi connectivity index (χ4v) is 4.75. The van der Waals surface area contributed by atoms with Gasteiger partial charge in [0.05, 0.1) is 13.7 Å². The average molecular weight is 209 g/mol. The Balaban J connectivity index is 4.26. The fraction of sp³-hybridized carbons (Fsp3) is 1.00. The van der Waals surface area contributed by atoms with E-state index in [1.54, 1.807) is 0 Å². The lowest BCUT2D eigenvalue weighted by atomic mass is 10.3. The van der Waals surface area contributed by atoms with E-state index < -0.39 is 23.8 Å². The highest BCUT2D eigenvalue weighted by Gasteiger charge is 2.26. The SMILES string of the molecule is CCCCC([Si](C)C)S(=O)(=O)O. The van der Waals surface area contributed by atoms with Crippen molar-refractivity contribution >= 4 is 18.9 Å². The second-order valence-electron chi connectivity index (χ2n) is 3.22. The lowest BCUT2D eigenvalue weighted by Crippen LogP contribution is -2.33. The molecule has 0 heterocycles. The van der Waals surface area contributed by atoms with Crippen LogP contribution < -0.4 is 0 Å². The van der Waals surface area contributed by atoms with Crippen molar-refractivity contribution in [2.24, 2.45) is 0 Å². The van der Waals surface area contributed by atoms with Gasteiger partial charge in [0, 0.05) is 0 Å². The van der Waals surface area contributed by atoms with Crippen LogP contribution >= 0.6 is 0 Å². The van der Waals surface area contributed by atoms with Gasteiger partial charge in [-0.05, 0) is 6.42 Å². The summed E-state index contributed by atoms with van der Waals surface area (Å²) in [6.45, 7) is 5.84. The predicted molar refractivity (Wildman–Crippen MR) is 52.3 cm³/mol. The molecule has 1 N–H and O–H groups in total. The van der Waals surface area contributed by atoms with Crippen LogP contribution in [0.2, 0.25) is 13.1 Å². The number of hydrogen-bond donors (Lipinski definition) is 1. The van der Waals surface area contributed by atoms with Gasteiger partial charge < -0.3 is 0 Å². The fourth-order valence-electron chi connectivity index (χ4n) is 1.12. The molecule has 0 saturated heterocycles. The van der Waals surface area contributed by atoms with Crippen LogP contribution in [0.5, 0.6) is 0 Å². The number of hydrogen-bond acceptors (Lipinski definition) is 2. The molecule has 0 bridgehead atoms. The molecule has 5 heteroatoms. The zero-order chi connectivity index (χ0) is 9.78. The van der Waals surface area contributed by atoms with E-state index in [0.717, 1.165) is 12.8 Å². The van der Waals surface area contributed by atoms with Crippen molar-refractivity contribution in [3.05, 3.63) is 0 Å². The van der Waals surface area contributed by atoms with E-state index in [2.05, 4.69) is 0 Å². The summed E-state index contributed by atoms with van der Waals surface area (Å²) in [5, 5.41) is 0. The summed E-state index contributed by atoms with van der Waals surface area (Å²) >= 11 is 0. The highest BCUT2D eigenvalue weighted by molar-refractivity contribution is 7.88. The Morgan fingerprint density at radius 2 is 1.92 bits per heavy atom. The monoisotopic (exact) mass is 209 g/mol. The zero-order valence-corrected chi connectivity index (χ0v) is 9.69. The van der Waals surface area contributed by atoms with Crippen molar-refractivity contribution in [3.8, 4) is 0 Å². The largest absolute Gasteiger partial charge is 0.286 e. The van der Waals surface area contributed by atoms with Crippen molar-refractivity contribution in [2.75, 3.05) is 0 Å². The van der Waals surface area contributed by atoms with Gasteiger partial charge in [0.25, 0.3) is 10.1 Å². The lowest BCUT2D eigenvalue weighted by Gasteiger charge is -2.15. The molecule has 73 valence electrons. The Hall–Kier alpha value is 0.127. The minimum atomic E-state index is -3.79. The van der Waals surface area contributed by atoms with Crippen molar-refractivity contribution in [3.63, 3.8) is 0 Å². The summed E-state index contributed by atoms with van der Waals surface area (Å²) in [6.07, 6.45) is 2.46. The van der Waals surface area contributed by atoms with Gasteiger partial charge in [-0.15, -0.1) is 0 Å². The van der Waals surface area contributed by atoms with Gasteiger partial charge in [-0.2, -0.15) is 8.42 Å². The molecule has 1 unspecified atom stereocenters. The summed E-state index contributed by atoms with van der Waals surface area (Å²) in [5.41, 5.74) is 0. The zero-order valence-electron chi connectivity index (χ0n) is 7.87. The Bertz CT molecular complexity index is 211. The van der Waals surface area contributed by atoms with Crippen molar-refractivity contribution in [2.45, 2.75) is 44.2 Å². The first-order valence-electron chi connectivity index (χ1n) is 4.16. The first-order chi connectivity index (χ1) is 5.39. The summed E-state index contributed by atoms with van der Waals surface area (Å²) in [5.74, 6) is 0. The summed E-state index contributed by atoms with van der Waals surface area (Å²) in [6, 6.07) is 0. The summed E-state index contributed by atoms with van der Waals surface area (Å²) in [4.78, 5) is -0.484. The van der Waals surface area contributed by atoms with E-state index in [1.807, 2.05) is 20.0 Å². The first-order valence-corrected chi connectivity index (χ1v) is 8.24. The maximum Gasteiger partial charge on any atom is 0.264 e. The number of rotatable bonds is 5. The molecule has 0 aliphatic carbocycles. The number of unbranched alkanes of at least 4 members (excludes halogenated alkanes) is 1. The van der Waals surface area contributed by atoms with Gasteiger partial charge >= 0.3 is 0 Å². The highest BCUT2D eigenvalue weighted by Crippen LogP contribution is 2.12. The second-order valence-corrected chi connectivity index (χ2v) is 8.09. The molecular weight excluding hydrogens is 192 g/mol. The second kappa shape index (κ2) is 4.99. The Morgan fingerprint density at radius 1 is 1.42 bits per heavy atom. The van der Waals surface area contributed by atoms with Crippen LogP contribution in [0, 0.1) is 0 Å². The standard InChI is InChI=1S/C7H17O3SSi/c1-4-5-6-7(12(2)3)11(8,9)10/h7H,4-6H2,1-3H3,(H,8,9,10). The van der Waals surface area contributed by atoms with Crippen LogP contribution in [0.1, 0.15) is 26.2 Å². The normalized spacial score (nSPS) is 15.1. The molecule has 1 atom stereocenters. The topological polar surface area (TPSA) is 54.4 Å². The van der Waals surface area contributed by atoms with E-state index in [4.69, 9.17) is 4.55 Å². The highest BCUT2D eigenvalue weighted by atomic mass is 32.2. The van der Waals surface area contributed by atoms with Gasteiger partial charge in [0.2, 0.25) is 0 Å². The van der Waals surface area contributed by atoms with E-state index in [1.165, 1.54) is 0 Å². The smallest absolute Gasteiger partial charge is 0.264 e. The van der Waals surface area contributed by atoms with Crippen molar-refractivity contribution < 1.29 is 13.0 Å². The van der Waals surface area contributed by atoms with Crippen LogP contribution in [-0.2, 0) is 10.1 Å². The van der Waals surface area contributed by atoms with E-state index >= 15 is 0 Å². The van der Waals surface area contributed by atoms with Gasteiger partial charge in [-0.3, -0.25) is 4.55 Å². The molecule has 3 nitrogen and oxygen atoms in total. The molecule has 0 aromatic carbocycles. The summed E-state index contributed by atoms with van der Waals surface area (Å²) < 4.78 is 30.6. The molecule has 0 amide bonds. The van der Waals surface area contributed by atoms with Crippen LogP contribution in [0.25, 0.3) is 0 Å². The Morgan fingerprint density at radius 3 is 2.17 bits per heavy atom. The molecule has 0 spiro atoms. The molecule has 1 radical (unpaired) electrons. The average Bonchev–Trinajstić information content (AvgIpc) is 1.84. The predicted octanol–water partition coefficient (Wildman–Crippen LogP) is 1.73. The maximum atomic E-state index is 10.9. The van der Waals surface area contributed by atoms with Crippen LogP contribution in [0.3, 0.4) is 0 Å². The van der Waals surface area contributed by atoms with E-state index in [9.17, 15) is 8.42 Å². The Kier molecular flexibility index (Phi) is 5.04. The van der Waals surface area contributed by atoms with E-state index in [0.29, 0.717) is 6.42 Å². The van der Waals surface area contributed by atoms with Gasteiger partial charge in [-0.1, -0.05) is 32.9 Å². The molecule has 0 aromatic rings.